The van der Waals surface area contributed by atoms with Crippen LogP contribution in [0.4, 0.5) is 5.69 Å². The van der Waals surface area contributed by atoms with Gasteiger partial charge in [0, 0.05) is 12.1 Å². The molecule has 1 amide bonds. The Kier molecular flexibility index (Phi) is 5.73. The molecular weight excluding hydrogens is 312 g/mol. The standard InChI is InChI=1S/C17H18N2O5/c1-3-23-15-10-5-4-8-13(15)18-16(20)12(2)24-17(21)14-9-6-7-11-19(14)22/h4-12H,3H2,1-2H3,(H,18,20)/t12-/m1/s1. The highest BCUT2D eigenvalue weighted by atomic mass is 16.6. The molecule has 0 saturated heterocycles. The number of pyridine rings is 1. The first-order valence-electron chi connectivity index (χ1n) is 7.44. The number of ether oxygens (including phenoxy) is 2. The number of para-hydroxylation sites is 2. The Balaban J connectivity index is 2.03. The van der Waals surface area contributed by atoms with Gasteiger partial charge in [0.05, 0.1) is 12.3 Å². The highest BCUT2D eigenvalue weighted by molar-refractivity contribution is 5.97. The minimum absolute atomic E-state index is 0.188. The van der Waals surface area contributed by atoms with E-state index in [-0.39, 0.29) is 5.69 Å². The first-order valence-corrected chi connectivity index (χ1v) is 7.44. The quantitative estimate of drug-likeness (QED) is 0.496. The molecule has 0 unspecified atom stereocenters. The van der Waals surface area contributed by atoms with Gasteiger partial charge in [-0.1, -0.05) is 12.1 Å². The van der Waals surface area contributed by atoms with Gasteiger partial charge in [-0.15, -0.1) is 0 Å². The SMILES string of the molecule is CCOc1ccccc1NC(=O)[C@@H](C)OC(=O)c1cccc[n+]1[O-]. The number of hydrogen-bond donors (Lipinski definition) is 1. The molecule has 0 aliphatic carbocycles. The fourth-order valence-corrected chi connectivity index (χ4v) is 1.95. The Labute approximate surface area is 139 Å². The van der Waals surface area contributed by atoms with Crippen LogP contribution in [-0.4, -0.2) is 24.6 Å². The van der Waals surface area contributed by atoms with E-state index in [0.717, 1.165) is 0 Å². The lowest BCUT2D eigenvalue weighted by Gasteiger charge is -2.15. The summed E-state index contributed by atoms with van der Waals surface area (Å²) in [5.74, 6) is -0.873. The average molecular weight is 330 g/mol. The van der Waals surface area contributed by atoms with Crippen molar-refractivity contribution >= 4 is 17.6 Å². The molecule has 2 rings (SSSR count). The molecule has 0 spiro atoms. The largest absolute Gasteiger partial charge is 0.618 e. The normalized spacial score (nSPS) is 11.4. The van der Waals surface area contributed by atoms with Gasteiger partial charge in [-0.25, -0.2) is 4.79 Å². The second-order valence-electron chi connectivity index (χ2n) is 4.88. The maximum Gasteiger partial charge on any atom is 0.405 e. The fraction of sp³-hybridized carbons (Fsp3) is 0.235. The van der Waals surface area contributed by atoms with Crippen LogP contribution in [0.15, 0.2) is 48.7 Å². The van der Waals surface area contributed by atoms with E-state index in [1.807, 2.05) is 6.92 Å². The van der Waals surface area contributed by atoms with E-state index in [9.17, 15) is 14.8 Å². The maximum absolute atomic E-state index is 12.2. The third-order valence-corrected chi connectivity index (χ3v) is 3.13. The first kappa shape index (κ1) is 17.3. The number of amides is 1. The molecule has 1 N–H and O–H groups in total. The van der Waals surface area contributed by atoms with Gasteiger partial charge in [0.25, 0.3) is 5.91 Å². The highest BCUT2D eigenvalue weighted by Crippen LogP contribution is 2.23. The molecule has 0 aliphatic heterocycles. The van der Waals surface area contributed by atoms with Crippen molar-refractivity contribution in [1.29, 1.82) is 0 Å². The van der Waals surface area contributed by atoms with Crippen molar-refractivity contribution in [1.82, 2.24) is 0 Å². The van der Waals surface area contributed by atoms with Gasteiger partial charge in [-0.3, -0.25) is 4.79 Å². The predicted octanol–water partition coefficient (Wildman–Crippen LogP) is 1.90. The van der Waals surface area contributed by atoms with Gasteiger partial charge in [0.15, 0.2) is 12.3 Å². The summed E-state index contributed by atoms with van der Waals surface area (Å²) >= 11 is 0. The Morgan fingerprint density at radius 1 is 1.21 bits per heavy atom. The van der Waals surface area contributed by atoms with Gasteiger partial charge in [0.2, 0.25) is 0 Å². The highest BCUT2D eigenvalue weighted by Gasteiger charge is 2.24. The lowest BCUT2D eigenvalue weighted by molar-refractivity contribution is -0.608. The number of anilines is 1. The Hall–Kier alpha value is -3.09. The summed E-state index contributed by atoms with van der Waals surface area (Å²) in [6.45, 7) is 3.71. The smallest absolute Gasteiger partial charge is 0.405 e. The van der Waals surface area contributed by atoms with Crippen LogP contribution in [0.5, 0.6) is 5.75 Å². The molecular formula is C17H18N2O5. The molecule has 7 nitrogen and oxygen atoms in total. The van der Waals surface area contributed by atoms with Gasteiger partial charge in [0.1, 0.15) is 5.75 Å². The third-order valence-electron chi connectivity index (χ3n) is 3.13. The van der Waals surface area contributed by atoms with Crippen LogP contribution in [0.1, 0.15) is 24.3 Å². The number of aromatic nitrogens is 1. The van der Waals surface area contributed by atoms with Gasteiger partial charge in [-0.05, 0) is 32.0 Å². The van der Waals surface area contributed by atoms with Crippen molar-refractivity contribution in [2.24, 2.45) is 0 Å². The summed E-state index contributed by atoms with van der Waals surface area (Å²) in [6, 6.07) is 11.3. The molecule has 0 aliphatic rings. The molecule has 0 bridgehead atoms. The van der Waals surface area contributed by atoms with Crippen LogP contribution in [-0.2, 0) is 9.53 Å². The lowest BCUT2D eigenvalue weighted by Crippen LogP contribution is -2.37. The van der Waals surface area contributed by atoms with E-state index in [0.29, 0.717) is 22.8 Å². The van der Waals surface area contributed by atoms with E-state index < -0.39 is 18.0 Å². The van der Waals surface area contributed by atoms with Crippen LogP contribution >= 0.6 is 0 Å². The Bertz CT molecular complexity index is 732. The predicted molar refractivity (Wildman–Crippen MR) is 86.5 cm³/mol. The van der Waals surface area contributed by atoms with Crippen molar-refractivity contribution in [2.45, 2.75) is 20.0 Å². The summed E-state index contributed by atoms with van der Waals surface area (Å²) in [5.41, 5.74) is 0.290. The minimum Gasteiger partial charge on any atom is -0.618 e. The molecule has 1 aromatic heterocycles. The van der Waals surface area contributed by atoms with Crippen LogP contribution in [0.2, 0.25) is 0 Å². The summed E-state index contributed by atoms with van der Waals surface area (Å²) in [6.07, 6.45) is 0.104. The Morgan fingerprint density at radius 2 is 1.92 bits per heavy atom. The molecule has 24 heavy (non-hydrogen) atoms. The summed E-state index contributed by atoms with van der Waals surface area (Å²) < 4.78 is 10.8. The average Bonchev–Trinajstić information content (AvgIpc) is 2.57. The number of nitrogens with one attached hydrogen (secondary N) is 1. The zero-order valence-corrected chi connectivity index (χ0v) is 13.4. The second kappa shape index (κ2) is 7.96. The number of carbonyl (C=O) groups excluding carboxylic acids is 2. The van der Waals surface area contributed by atoms with Gasteiger partial charge >= 0.3 is 11.7 Å². The van der Waals surface area contributed by atoms with E-state index in [2.05, 4.69) is 5.32 Å². The molecule has 1 heterocycles. The Morgan fingerprint density at radius 3 is 2.62 bits per heavy atom. The van der Waals surface area contributed by atoms with Crippen molar-refractivity contribution in [3.05, 3.63) is 59.6 Å². The van der Waals surface area contributed by atoms with Crippen LogP contribution in [0, 0.1) is 5.21 Å². The fourth-order valence-electron chi connectivity index (χ4n) is 1.95. The summed E-state index contributed by atoms with van der Waals surface area (Å²) in [4.78, 5) is 24.1. The monoisotopic (exact) mass is 330 g/mol. The summed E-state index contributed by atoms with van der Waals surface area (Å²) in [5, 5.41) is 14.2. The van der Waals surface area contributed by atoms with Crippen LogP contribution in [0.25, 0.3) is 0 Å². The molecule has 126 valence electrons. The molecule has 0 radical (unpaired) electrons. The van der Waals surface area contributed by atoms with Gasteiger partial charge < -0.3 is 20.0 Å². The molecule has 0 fully saturated rings. The summed E-state index contributed by atoms with van der Waals surface area (Å²) in [7, 11) is 0. The number of rotatable bonds is 6. The van der Waals surface area contributed by atoms with E-state index in [4.69, 9.17) is 9.47 Å². The van der Waals surface area contributed by atoms with Gasteiger partial charge in [-0.2, -0.15) is 4.73 Å². The maximum atomic E-state index is 12.2. The molecule has 0 saturated carbocycles. The minimum atomic E-state index is -1.08. The number of carbonyl (C=O) groups is 2. The third kappa shape index (κ3) is 4.22. The van der Waals surface area contributed by atoms with Crippen LogP contribution < -0.4 is 14.8 Å². The van der Waals surface area contributed by atoms with Crippen molar-refractivity contribution in [2.75, 3.05) is 11.9 Å². The van der Waals surface area contributed by atoms with E-state index >= 15 is 0 Å². The molecule has 1 atom stereocenters. The van der Waals surface area contributed by atoms with E-state index in [1.165, 1.54) is 31.3 Å². The lowest BCUT2D eigenvalue weighted by atomic mass is 10.2. The number of benzene rings is 1. The van der Waals surface area contributed by atoms with Crippen LogP contribution in [0.3, 0.4) is 0 Å². The number of esters is 1. The van der Waals surface area contributed by atoms with Crippen molar-refractivity contribution in [3.8, 4) is 5.75 Å². The van der Waals surface area contributed by atoms with Crippen molar-refractivity contribution in [3.63, 3.8) is 0 Å². The topological polar surface area (TPSA) is 91.6 Å². The molecule has 2 aromatic rings. The zero-order valence-electron chi connectivity index (χ0n) is 13.4. The second-order valence-corrected chi connectivity index (χ2v) is 4.88. The van der Waals surface area contributed by atoms with Crippen molar-refractivity contribution < 1.29 is 23.8 Å². The molecule has 1 aromatic carbocycles. The number of nitrogens with zero attached hydrogens (tertiary/aromatic N) is 1. The number of hydrogen-bond acceptors (Lipinski definition) is 5. The van der Waals surface area contributed by atoms with E-state index in [1.54, 1.807) is 24.3 Å². The zero-order chi connectivity index (χ0) is 17.5. The molecule has 7 heteroatoms. The first-order chi connectivity index (χ1) is 11.5.